The van der Waals surface area contributed by atoms with Gasteiger partial charge in [-0.1, -0.05) is 12.1 Å². The van der Waals surface area contributed by atoms with Gasteiger partial charge in [-0.15, -0.1) is 11.3 Å². The summed E-state index contributed by atoms with van der Waals surface area (Å²) in [4.78, 5) is 12.9. The van der Waals surface area contributed by atoms with Crippen LogP contribution in [0.2, 0.25) is 0 Å². The van der Waals surface area contributed by atoms with Gasteiger partial charge in [-0.05, 0) is 56.1 Å². The van der Waals surface area contributed by atoms with E-state index in [-0.39, 0.29) is 5.57 Å². The van der Waals surface area contributed by atoms with Crippen LogP contribution in [0.3, 0.4) is 0 Å². The number of carbonyl (C=O) groups excluding carboxylic acids is 1. The lowest BCUT2D eigenvalue weighted by atomic mass is 10.2. The normalized spacial score (nSPS) is 10.9. The van der Waals surface area contributed by atoms with Crippen molar-refractivity contribution in [3.63, 3.8) is 0 Å². The highest BCUT2D eigenvalue weighted by Crippen LogP contribution is 2.24. The first-order valence-corrected chi connectivity index (χ1v) is 7.98. The Labute approximate surface area is 137 Å². The van der Waals surface area contributed by atoms with Crippen molar-refractivity contribution in [1.82, 2.24) is 0 Å². The summed E-state index contributed by atoms with van der Waals surface area (Å²) in [6, 6.07) is 11.0. The summed E-state index contributed by atoms with van der Waals surface area (Å²) in [5.74, 6) is -0.427. The molecular formula is C14H8Br2N2OS. The molecule has 0 saturated heterocycles. The van der Waals surface area contributed by atoms with Gasteiger partial charge in [0, 0.05) is 19.2 Å². The molecule has 0 saturated carbocycles. The average molecular weight is 412 g/mol. The van der Waals surface area contributed by atoms with Crippen LogP contribution in [0.1, 0.15) is 4.88 Å². The fourth-order valence-corrected chi connectivity index (χ4v) is 3.21. The number of halogens is 2. The Hall–Kier alpha value is -1.42. The van der Waals surface area contributed by atoms with Gasteiger partial charge in [0.25, 0.3) is 5.91 Å². The number of hydrogen-bond acceptors (Lipinski definition) is 3. The zero-order valence-corrected chi connectivity index (χ0v) is 14.0. The van der Waals surface area contributed by atoms with Gasteiger partial charge in [-0.25, -0.2) is 0 Å². The molecule has 1 amide bonds. The SMILES string of the molecule is N#CC(=Cc1cc(Br)cs1)C(=O)Nc1ccccc1Br. The summed E-state index contributed by atoms with van der Waals surface area (Å²) in [6.45, 7) is 0. The Morgan fingerprint density at radius 1 is 1.35 bits per heavy atom. The van der Waals surface area contributed by atoms with E-state index in [2.05, 4.69) is 37.2 Å². The molecule has 2 aromatic rings. The van der Waals surface area contributed by atoms with Crippen LogP contribution >= 0.6 is 43.2 Å². The first-order valence-electron chi connectivity index (χ1n) is 5.52. The number of nitrogens with zero attached hydrogens (tertiary/aromatic N) is 1. The third kappa shape index (κ3) is 3.79. The Morgan fingerprint density at radius 2 is 2.10 bits per heavy atom. The second kappa shape index (κ2) is 6.84. The van der Waals surface area contributed by atoms with Crippen LogP contribution in [0.4, 0.5) is 5.69 Å². The predicted octanol–water partition coefficient (Wildman–Crippen LogP) is 4.82. The van der Waals surface area contributed by atoms with Crippen molar-refractivity contribution in [1.29, 1.82) is 5.26 Å². The second-order valence-electron chi connectivity index (χ2n) is 3.77. The summed E-state index contributed by atoms with van der Waals surface area (Å²) in [5, 5.41) is 13.7. The Kier molecular flexibility index (Phi) is 5.12. The van der Waals surface area contributed by atoms with Gasteiger partial charge >= 0.3 is 0 Å². The maximum Gasteiger partial charge on any atom is 0.266 e. The molecule has 0 aliphatic carbocycles. The van der Waals surface area contributed by atoms with E-state index in [0.717, 1.165) is 13.8 Å². The standard InChI is InChI=1S/C14H8Br2N2OS/c15-10-6-11(20-8-10)5-9(7-17)14(19)18-13-4-2-1-3-12(13)16/h1-6,8H,(H,18,19). The molecular weight excluding hydrogens is 404 g/mol. The molecule has 2 rings (SSSR count). The molecule has 3 nitrogen and oxygen atoms in total. The molecule has 100 valence electrons. The number of amides is 1. The van der Waals surface area contributed by atoms with E-state index in [1.807, 2.05) is 35.7 Å². The largest absolute Gasteiger partial charge is 0.320 e. The number of rotatable bonds is 3. The fraction of sp³-hybridized carbons (Fsp3) is 0. The minimum Gasteiger partial charge on any atom is -0.320 e. The monoisotopic (exact) mass is 410 g/mol. The lowest BCUT2D eigenvalue weighted by Crippen LogP contribution is -2.13. The first kappa shape index (κ1) is 15.0. The van der Waals surface area contributed by atoms with Crippen molar-refractivity contribution in [2.75, 3.05) is 5.32 Å². The molecule has 1 aromatic carbocycles. The van der Waals surface area contributed by atoms with Crippen molar-refractivity contribution in [2.45, 2.75) is 0 Å². The molecule has 0 unspecified atom stereocenters. The van der Waals surface area contributed by atoms with E-state index in [0.29, 0.717) is 5.69 Å². The van der Waals surface area contributed by atoms with Gasteiger partial charge in [0.15, 0.2) is 0 Å². The molecule has 0 atom stereocenters. The molecule has 0 bridgehead atoms. The second-order valence-corrected chi connectivity index (χ2v) is 6.48. The fourth-order valence-electron chi connectivity index (χ4n) is 1.45. The van der Waals surface area contributed by atoms with Gasteiger partial charge < -0.3 is 5.32 Å². The van der Waals surface area contributed by atoms with Crippen molar-refractivity contribution < 1.29 is 4.79 Å². The number of anilines is 1. The number of benzene rings is 1. The molecule has 1 aromatic heterocycles. The zero-order chi connectivity index (χ0) is 14.5. The molecule has 0 fully saturated rings. The van der Waals surface area contributed by atoms with E-state index in [4.69, 9.17) is 5.26 Å². The highest BCUT2D eigenvalue weighted by Gasteiger charge is 2.11. The maximum absolute atomic E-state index is 12.1. The quantitative estimate of drug-likeness (QED) is 0.581. The van der Waals surface area contributed by atoms with Gasteiger partial charge in [0.1, 0.15) is 11.6 Å². The number of hydrogen-bond donors (Lipinski definition) is 1. The molecule has 6 heteroatoms. The van der Waals surface area contributed by atoms with Crippen LogP contribution in [0.25, 0.3) is 6.08 Å². The van der Waals surface area contributed by atoms with E-state index < -0.39 is 5.91 Å². The molecule has 0 spiro atoms. The molecule has 1 heterocycles. The number of nitriles is 1. The lowest BCUT2D eigenvalue weighted by Gasteiger charge is -2.05. The predicted molar refractivity (Wildman–Crippen MR) is 88.4 cm³/mol. The van der Waals surface area contributed by atoms with Crippen LogP contribution in [-0.4, -0.2) is 5.91 Å². The topological polar surface area (TPSA) is 52.9 Å². The van der Waals surface area contributed by atoms with Crippen LogP contribution in [-0.2, 0) is 4.79 Å². The number of nitrogens with one attached hydrogen (secondary N) is 1. The summed E-state index contributed by atoms with van der Waals surface area (Å²) < 4.78 is 1.70. The van der Waals surface area contributed by atoms with Gasteiger partial charge in [0.05, 0.1) is 5.69 Å². The number of para-hydroxylation sites is 1. The van der Waals surface area contributed by atoms with Crippen LogP contribution in [0.5, 0.6) is 0 Å². The number of carbonyl (C=O) groups is 1. The molecule has 1 N–H and O–H groups in total. The van der Waals surface area contributed by atoms with Gasteiger partial charge in [-0.2, -0.15) is 5.26 Å². The lowest BCUT2D eigenvalue weighted by molar-refractivity contribution is -0.112. The summed E-state index contributed by atoms with van der Waals surface area (Å²) in [7, 11) is 0. The Balaban J connectivity index is 2.21. The van der Waals surface area contributed by atoms with Crippen molar-refractivity contribution in [3.05, 3.63) is 55.1 Å². The average Bonchev–Trinajstić information content (AvgIpc) is 2.84. The minimum atomic E-state index is -0.427. The van der Waals surface area contributed by atoms with E-state index in [1.54, 1.807) is 12.1 Å². The van der Waals surface area contributed by atoms with E-state index >= 15 is 0 Å². The minimum absolute atomic E-state index is 0.0649. The maximum atomic E-state index is 12.1. The summed E-state index contributed by atoms with van der Waals surface area (Å²) in [6.07, 6.45) is 1.57. The third-order valence-corrected chi connectivity index (χ3v) is 4.69. The van der Waals surface area contributed by atoms with Crippen LogP contribution in [0.15, 0.2) is 50.2 Å². The summed E-state index contributed by atoms with van der Waals surface area (Å²) >= 11 is 8.14. The van der Waals surface area contributed by atoms with Crippen LogP contribution in [0, 0.1) is 11.3 Å². The smallest absolute Gasteiger partial charge is 0.266 e. The number of thiophene rings is 1. The van der Waals surface area contributed by atoms with Gasteiger partial charge in [-0.3, -0.25) is 4.79 Å². The molecule has 0 aliphatic rings. The molecule has 20 heavy (non-hydrogen) atoms. The third-order valence-electron chi connectivity index (χ3n) is 2.36. The highest BCUT2D eigenvalue weighted by molar-refractivity contribution is 9.10. The van der Waals surface area contributed by atoms with E-state index in [9.17, 15) is 4.79 Å². The van der Waals surface area contributed by atoms with Crippen molar-refractivity contribution in [3.8, 4) is 6.07 Å². The van der Waals surface area contributed by atoms with E-state index in [1.165, 1.54) is 11.3 Å². The zero-order valence-electron chi connectivity index (χ0n) is 10.1. The first-order chi connectivity index (χ1) is 9.60. The molecule has 0 radical (unpaired) electrons. The Morgan fingerprint density at radius 3 is 2.70 bits per heavy atom. The van der Waals surface area contributed by atoms with Crippen molar-refractivity contribution in [2.24, 2.45) is 0 Å². The highest BCUT2D eigenvalue weighted by atomic mass is 79.9. The van der Waals surface area contributed by atoms with Crippen molar-refractivity contribution >= 4 is 60.9 Å². The molecule has 0 aliphatic heterocycles. The van der Waals surface area contributed by atoms with Gasteiger partial charge in [0.2, 0.25) is 0 Å². The van der Waals surface area contributed by atoms with Crippen LogP contribution < -0.4 is 5.32 Å². The Bertz CT molecular complexity index is 716. The summed E-state index contributed by atoms with van der Waals surface area (Å²) in [5.41, 5.74) is 0.695.